The standard InChI is InChI=1S/C18H22ClFN6O5S/c1-11-5-6-15(25-32(29,30)10-12-13(19)3-2-4-14(12)20)17(28)26(11)9-16(27)23-7-8-31-24-18(21)22/h2-6,25H,7-10H2,1H3,(H,23,27)(H4,21,22,24). The Labute approximate surface area is 188 Å². The number of hydrogen-bond donors (Lipinski definition) is 5. The lowest BCUT2D eigenvalue weighted by molar-refractivity contribution is -0.122. The van der Waals surface area contributed by atoms with E-state index in [-0.39, 0.29) is 36.0 Å². The number of aromatic nitrogens is 1. The number of amides is 1. The molecule has 0 bridgehead atoms. The van der Waals surface area contributed by atoms with Crippen LogP contribution in [0.15, 0.2) is 35.1 Å². The van der Waals surface area contributed by atoms with Crippen LogP contribution >= 0.6 is 11.6 Å². The van der Waals surface area contributed by atoms with Gasteiger partial charge in [-0.05, 0) is 31.2 Å². The Bertz CT molecular complexity index is 1150. The molecule has 0 aliphatic rings. The maximum Gasteiger partial charge on any atom is 0.275 e. The topological polar surface area (TPSA) is 168 Å². The molecule has 1 aromatic heterocycles. The minimum atomic E-state index is -4.18. The van der Waals surface area contributed by atoms with Crippen LogP contribution in [-0.2, 0) is 32.0 Å². The predicted molar refractivity (Wildman–Crippen MR) is 117 cm³/mol. The van der Waals surface area contributed by atoms with Gasteiger partial charge in [0.05, 0.1) is 12.4 Å². The summed E-state index contributed by atoms with van der Waals surface area (Å²) in [4.78, 5) is 29.6. The quantitative estimate of drug-likeness (QED) is 0.140. The summed E-state index contributed by atoms with van der Waals surface area (Å²) in [5.74, 6) is -2.49. The van der Waals surface area contributed by atoms with Crippen molar-refractivity contribution in [1.82, 2.24) is 15.4 Å². The lowest BCUT2D eigenvalue weighted by Gasteiger charge is -2.14. The molecule has 11 nitrogen and oxygen atoms in total. The maximum atomic E-state index is 13.9. The van der Waals surface area contributed by atoms with E-state index >= 15 is 0 Å². The number of carbonyl (C=O) groups excluding carboxylic acids is 1. The highest BCUT2D eigenvalue weighted by molar-refractivity contribution is 7.91. The number of halogens is 2. The van der Waals surface area contributed by atoms with Crippen molar-refractivity contribution in [3.8, 4) is 0 Å². The second kappa shape index (κ2) is 10.9. The number of nitrogens with one attached hydrogen (secondary N) is 4. The summed E-state index contributed by atoms with van der Waals surface area (Å²) in [6, 6.07) is 6.50. The van der Waals surface area contributed by atoms with Crippen LogP contribution in [0.1, 0.15) is 11.3 Å². The summed E-state index contributed by atoms with van der Waals surface area (Å²) in [5.41, 5.74) is 6.27. The van der Waals surface area contributed by atoms with Gasteiger partial charge in [0.1, 0.15) is 18.0 Å². The third-order valence-electron chi connectivity index (χ3n) is 4.06. The van der Waals surface area contributed by atoms with Crippen molar-refractivity contribution in [2.45, 2.75) is 19.2 Å². The molecule has 0 aliphatic heterocycles. The molecule has 0 radical (unpaired) electrons. The Morgan fingerprint density at radius 3 is 2.69 bits per heavy atom. The molecule has 0 saturated carbocycles. The molecule has 1 heterocycles. The van der Waals surface area contributed by atoms with Gasteiger partial charge in [-0.1, -0.05) is 17.7 Å². The number of hydrogen-bond acceptors (Lipinski definition) is 6. The largest absolute Gasteiger partial charge is 0.368 e. The minimum Gasteiger partial charge on any atom is -0.368 e. The number of benzene rings is 1. The first-order chi connectivity index (χ1) is 15.0. The Kier molecular flexibility index (Phi) is 8.57. The fraction of sp³-hybridized carbons (Fsp3) is 0.278. The first-order valence-corrected chi connectivity index (χ1v) is 11.2. The molecule has 0 saturated heterocycles. The van der Waals surface area contributed by atoms with E-state index in [9.17, 15) is 22.4 Å². The zero-order chi connectivity index (χ0) is 23.9. The van der Waals surface area contributed by atoms with Crippen molar-refractivity contribution >= 4 is 39.2 Å². The van der Waals surface area contributed by atoms with Gasteiger partial charge in [0.15, 0.2) is 0 Å². The number of nitrogens with two attached hydrogens (primary N) is 1. The predicted octanol–water partition coefficient (Wildman–Crippen LogP) is 0.422. The molecule has 2 aromatic rings. The molecule has 6 N–H and O–H groups in total. The highest BCUT2D eigenvalue weighted by atomic mass is 35.5. The van der Waals surface area contributed by atoms with Crippen molar-refractivity contribution in [1.29, 1.82) is 5.41 Å². The van der Waals surface area contributed by atoms with Crippen molar-refractivity contribution in [2.75, 3.05) is 17.9 Å². The van der Waals surface area contributed by atoms with E-state index < -0.39 is 39.0 Å². The van der Waals surface area contributed by atoms with Crippen LogP contribution in [0.25, 0.3) is 0 Å². The summed E-state index contributed by atoms with van der Waals surface area (Å²) >= 11 is 5.88. The van der Waals surface area contributed by atoms with E-state index in [0.29, 0.717) is 5.69 Å². The normalized spacial score (nSPS) is 11.1. The van der Waals surface area contributed by atoms with Crippen molar-refractivity contribution < 1.29 is 22.4 Å². The zero-order valence-corrected chi connectivity index (χ0v) is 18.5. The van der Waals surface area contributed by atoms with Gasteiger partial charge in [-0.25, -0.2) is 18.3 Å². The maximum absolute atomic E-state index is 13.9. The van der Waals surface area contributed by atoms with Gasteiger partial charge >= 0.3 is 0 Å². The number of pyridine rings is 1. The number of rotatable bonds is 10. The third kappa shape index (κ3) is 7.21. The molecule has 0 unspecified atom stereocenters. The Morgan fingerprint density at radius 2 is 2.03 bits per heavy atom. The van der Waals surface area contributed by atoms with E-state index in [4.69, 9.17) is 27.6 Å². The second-order valence-corrected chi connectivity index (χ2v) is 8.68. The average molecular weight is 489 g/mol. The van der Waals surface area contributed by atoms with Crippen LogP contribution in [0.4, 0.5) is 10.1 Å². The average Bonchev–Trinajstić information content (AvgIpc) is 2.70. The van der Waals surface area contributed by atoms with Crippen LogP contribution in [0.2, 0.25) is 5.02 Å². The van der Waals surface area contributed by atoms with Crippen LogP contribution in [0.5, 0.6) is 0 Å². The summed E-state index contributed by atoms with van der Waals surface area (Å²) < 4.78 is 42.1. The summed E-state index contributed by atoms with van der Waals surface area (Å²) in [6.45, 7) is 1.28. The van der Waals surface area contributed by atoms with E-state index in [0.717, 1.165) is 10.6 Å². The van der Waals surface area contributed by atoms with Gasteiger partial charge in [0, 0.05) is 22.8 Å². The summed E-state index contributed by atoms with van der Waals surface area (Å²) in [7, 11) is -4.18. The second-order valence-electron chi connectivity index (χ2n) is 6.56. The number of carbonyl (C=O) groups is 1. The van der Waals surface area contributed by atoms with Gasteiger partial charge in [-0.3, -0.25) is 24.6 Å². The molecule has 2 rings (SSSR count). The number of anilines is 1. The molecular formula is C18H22ClFN6O5S. The Morgan fingerprint density at radius 1 is 1.31 bits per heavy atom. The number of aryl methyl sites for hydroxylation is 1. The van der Waals surface area contributed by atoms with Crippen LogP contribution < -0.4 is 26.8 Å². The molecule has 32 heavy (non-hydrogen) atoms. The molecule has 174 valence electrons. The van der Waals surface area contributed by atoms with E-state index in [1.165, 1.54) is 24.3 Å². The number of nitrogens with zero attached hydrogens (tertiary/aromatic N) is 1. The Balaban J connectivity index is 2.10. The molecule has 0 fully saturated rings. The lowest BCUT2D eigenvalue weighted by atomic mass is 10.2. The number of guanidine groups is 1. The van der Waals surface area contributed by atoms with Gasteiger partial charge in [-0.2, -0.15) is 0 Å². The van der Waals surface area contributed by atoms with E-state index in [2.05, 4.69) is 15.5 Å². The molecule has 14 heteroatoms. The SMILES string of the molecule is Cc1ccc(NS(=O)(=O)Cc2c(F)cccc2Cl)c(=O)n1CC(=O)NCCONC(=N)N. The molecule has 0 spiro atoms. The fourth-order valence-electron chi connectivity index (χ4n) is 2.58. The number of sulfonamides is 1. The molecule has 1 amide bonds. The van der Waals surface area contributed by atoms with Gasteiger partial charge < -0.3 is 15.6 Å². The smallest absolute Gasteiger partial charge is 0.275 e. The molecule has 1 aromatic carbocycles. The van der Waals surface area contributed by atoms with Crippen molar-refractivity contribution in [2.24, 2.45) is 5.73 Å². The molecule has 0 atom stereocenters. The Hall–Kier alpha value is -3.16. The monoisotopic (exact) mass is 488 g/mol. The fourth-order valence-corrected chi connectivity index (χ4v) is 4.12. The third-order valence-corrected chi connectivity index (χ3v) is 5.62. The van der Waals surface area contributed by atoms with Gasteiger partial charge in [0.25, 0.3) is 5.56 Å². The van der Waals surface area contributed by atoms with Gasteiger partial charge in [-0.15, -0.1) is 0 Å². The first kappa shape index (κ1) is 25.1. The molecular weight excluding hydrogens is 467 g/mol. The van der Waals surface area contributed by atoms with Crippen LogP contribution in [0, 0.1) is 18.2 Å². The summed E-state index contributed by atoms with van der Waals surface area (Å²) in [5, 5.41) is 9.36. The van der Waals surface area contributed by atoms with E-state index in [1.807, 2.05) is 0 Å². The van der Waals surface area contributed by atoms with Crippen LogP contribution in [0.3, 0.4) is 0 Å². The highest BCUT2D eigenvalue weighted by Gasteiger charge is 2.20. The van der Waals surface area contributed by atoms with Crippen molar-refractivity contribution in [3.05, 3.63) is 62.8 Å². The summed E-state index contributed by atoms with van der Waals surface area (Å²) in [6.07, 6.45) is 0. The van der Waals surface area contributed by atoms with Crippen LogP contribution in [-0.4, -0.2) is 38.0 Å². The minimum absolute atomic E-state index is 0.0116. The lowest BCUT2D eigenvalue weighted by Crippen LogP contribution is -2.37. The zero-order valence-electron chi connectivity index (χ0n) is 16.9. The van der Waals surface area contributed by atoms with Crippen molar-refractivity contribution in [3.63, 3.8) is 0 Å². The first-order valence-electron chi connectivity index (χ1n) is 9.12. The van der Waals surface area contributed by atoms with Gasteiger partial charge in [0.2, 0.25) is 21.9 Å². The number of hydroxylamine groups is 1. The highest BCUT2D eigenvalue weighted by Crippen LogP contribution is 2.22. The molecule has 0 aliphatic carbocycles. The van der Waals surface area contributed by atoms with E-state index in [1.54, 1.807) is 6.92 Å².